The van der Waals surface area contributed by atoms with Gasteiger partial charge in [0.1, 0.15) is 11.6 Å². The largest absolute Gasteiger partial charge is 0.478 e. The zero-order valence-electron chi connectivity index (χ0n) is 14.2. The number of aliphatic carboxylic acids is 1. The van der Waals surface area contributed by atoms with E-state index >= 15 is 0 Å². The molecule has 0 radical (unpaired) electrons. The fourth-order valence-electron chi connectivity index (χ4n) is 3.13. The molecule has 2 aromatic carbocycles. The van der Waals surface area contributed by atoms with Crippen molar-refractivity contribution < 1.29 is 19.0 Å². The molecule has 1 heterocycles. The van der Waals surface area contributed by atoms with Crippen LogP contribution in [0.3, 0.4) is 0 Å². The predicted octanol–water partition coefficient (Wildman–Crippen LogP) is 3.20. The molecule has 6 heteroatoms. The van der Waals surface area contributed by atoms with Crippen molar-refractivity contribution in [3.8, 4) is 11.8 Å². The number of nitriles is 1. The molecule has 134 valence electrons. The molecule has 0 amide bonds. The second-order valence-electron chi connectivity index (χ2n) is 6.44. The van der Waals surface area contributed by atoms with E-state index < -0.39 is 17.4 Å². The van der Waals surface area contributed by atoms with Crippen molar-refractivity contribution in [2.45, 2.75) is 25.0 Å². The van der Waals surface area contributed by atoms with Gasteiger partial charge in [0.05, 0.1) is 11.6 Å². The van der Waals surface area contributed by atoms with Gasteiger partial charge in [-0.1, -0.05) is 18.2 Å². The Labute approximate surface area is 151 Å². The fraction of sp³-hybridized carbons (Fsp3) is 0.300. The lowest BCUT2D eigenvalue weighted by molar-refractivity contribution is -0.159. The fourth-order valence-corrected chi connectivity index (χ4v) is 3.13. The molecular formula is C20H19FN2O3. The number of ether oxygens (including phenoxy) is 1. The van der Waals surface area contributed by atoms with E-state index in [9.17, 15) is 14.3 Å². The van der Waals surface area contributed by atoms with E-state index in [0.29, 0.717) is 38.0 Å². The third-order valence-corrected chi connectivity index (χ3v) is 4.65. The summed E-state index contributed by atoms with van der Waals surface area (Å²) in [6.45, 7) is 1.80. The summed E-state index contributed by atoms with van der Waals surface area (Å²) < 4.78 is 19.1. The van der Waals surface area contributed by atoms with Gasteiger partial charge in [-0.15, -0.1) is 0 Å². The summed E-state index contributed by atoms with van der Waals surface area (Å²) in [6, 6.07) is 15.0. The Hall–Kier alpha value is -2.91. The van der Waals surface area contributed by atoms with Gasteiger partial charge >= 0.3 is 5.97 Å². The van der Waals surface area contributed by atoms with Crippen LogP contribution in [0.4, 0.5) is 4.39 Å². The Balaban J connectivity index is 1.65. The number of nitrogens with zero attached hydrogens (tertiary/aromatic N) is 2. The maximum absolute atomic E-state index is 13.3. The Morgan fingerprint density at radius 3 is 2.50 bits per heavy atom. The van der Waals surface area contributed by atoms with Crippen molar-refractivity contribution in [2.75, 3.05) is 13.1 Å². The lowest BCUT2D eigenvalue weighted by atomic mass is 9.90. The van der Waals surface area contributed by atoms with Gasteiger partial charge in [-0.3, -0.25) is 4.90 Å². The van der Waals surface area contributed by atoms with Crippen LogP contribution in [0.5, 0.6) is 5.75 Å². The molecule has 0 bridgehead atoms. The van der Waals surface area contributed by atoms with Crippen LogP contribution in [0.25, 0.3) is 0 Å². The standard InChI is InChI=1S/C20H19FN2O3/c21-17-2-1-3-18(12-17)26-20(19(24)25)8-10-23(11-9-20)14-16-6-4-15(13-22)5-7-16/h1-7,12H,8-11,14H2,(H,24,25). The molecule has 0 spiro atoms. The molecule has 0 aliphatic carbocycles. The van der Waals surface area contributed by atoms with Crippen molar-refractivity contribution in [3.05, 3.63) is 65.5 Å². The zero-order chi connectivity index (χ0) is 18.6. The molecule has 1 saturated heterocycles. The maximum atomic E-state index is 13.3. The van der Waals surface area contributed by atoms with E-state index in [1.807, 2.05) is 12.1 Å². The van der Waals surface area contributed by atoms with Crippen LogP contribution in [-0.2, 0) is 11.3 Å². The molecule has 1 aliphatic heterocycles. The molecule has 1 fully saturated rings. The highest BCUT2D eigenvalue weighted by Crippen LogP contribution is 2.30. The second-order valence-corrected chi connectivity index (χ2v) is 6.44. The average molecular weight is 354 g/mol. The molecule has 1 N–H and O–H groups in total. The number of benzene rings is 2. The van der Waals surface area contributed by atoms with Crippen molar-refractivity contribution in [2.24, 2.45) is 0 Å². The number of halogens is 1. The maximum Gasteiger partial charge on any atom is 0.348 e. The van der Waals surface area contributed by atoms with Gasteiger partial charge in [0.2, 0.25) is 5.60 Å². The van der Waals surface area contributed by atoms with Gasteiger partial charge in [-0.2, -0.15) is 5.26 Å². The zero-order valence-corrected chi connectivity index (χ0v) is 14.2. The molecule has 0 saturated carbocycles. The number of likely N-dealkylation sites (tertiary alicyclic amines) is 1. The lowest BCUT2D eigenvalue weighted by Crippen LogP contribution is -2.53. The molecule has 1 aliphatic rings. The van der Waals surface area contributed by atoms with Crippen LogP contribution in [-0.4, -0.2) is 34.7 Å². The molecule has 0 atom stereocenters. The van der Waals surface area contributed by atoms with Gasteiger partial charge in [-0.25, -0.2) is 9.18 Å². The van der Waals surface area contributed by atoms with Crippen molar-refractivity contribution in [1.82, 2.24) is 4.90 Å². The third kappa shape index (κ3) is 4.01. The number of carbonyl (C=O) groups is 1. The number of rotatable bonds is 5. The summed E-state index contributed by atoms with van der Waals surface area (Å²) >= 11 is 0. The van der Waals surface area contributed by atoms with E-state index in [1.165, 1.54) is 18.2 Å². The van der Waals surface area contributed by atoms with Crippen LogP contribution in [0.15, 0.2) is 48.5 Å². The summed E-state index contributed by atoms with van der Waals surface area (Å²) in [5.74, 6) is -1.26. The summed E-state index contributed by atoms with van der Waals surface area (Å²) in [7, 11) is 0. The predicted molar refractivity (Wildman–Crippen MR) is 93.1 cm³/mol. The molecule has 26 heavy (non-hydrogen) atoms. The van der Waals surface area contributed by atoms with Crippen molar-refractivity contribution in [3.63, 3.8) is 0 Å². The quantitative estimate of drug-likeness (QED) is 0.893. The minimum atomic E-state index is -1.34. The van der Waals surface area contributed by atoms with Gasteiger partial charge in [-0.05, 0) is 29.8 Å². The molecule has 2 aromatic rings. The van der Waals surface area contributed by atoms with E-state index in [-0.39, 0.29) is 5.75 Å². The SMILES string of the molecule is N#Cc1ccc(CN2CCC(Oc3cccc(F)c3)(C(=O)O)CC2)cc1. The minimum absolute atomic E-state index is 0.230. The normalized spacial score (nSPS) is 16.6. The highest BCUT2D eigenvalue weighted by Gasteiger charge is 2.44. The topological polar surface area (TPSA) is 73.6 Å². The number of piperidine rings is 1. The number of carboxylic acids is 1. The van der Waals surface area contributed by atoms with Crippen LogP contribution in [0.2, 0.25) is 0 Å². The third-order valence-electron chi connectivity index (χ3n) is 4.65. The van der Waals surface area contributed by atoms with Gasteiger partial charge in [0.25, 0.3) is 0 Å². The highest BCUT2D eigenvalue weighted by atomic mass is 19.1. The highest BCUT2D eigenvalue weighted by molar-refractivity contribution is 5.78. The van der Waals surface area contributed by atoms with Crippen molar-refractivity contribution >= 4 is 5.97 Å². The van der Waals surface area contributed by atoms with Crippen LogP contribution >= 0.6 is 0 Å². The summed E-state index contributed by atoms with van der Waals surface area (Å²) in [5, 5.41) is 18.5. The van der Waals surface area contributed by atoms with E-state index in [1.54, 1.807) is 18.2 Å². The smallest absolute Gasteiger partial charge is 0.348 e. The first-order valence-corrected chi connectivity index (χ1v) is 8.40. The van der Waals surface area contributed by atoms with Crippen LogP contribution in [0.1, 0.15) is 24.0 Å². The molecule has 0 aromatic heterocycles. The Bertz CT molecular complexity index is 822. The lowest BCUT2D eigenvalue weighted by Gasteiger charge is -2.38. The first kappa shape index (κ1) is 17.9. The van der Waals surface area contributed by atoms with Crippen LogP contribution in [0, 0.1) is 17.1 Å². The van der Waals surface area contributed by atoms with Gasteiger partial charge < -0.3 is 9.84 Å². The monoisotopic (exact) mass is 354 g/mol. The van der Waals surface area contributed by atoms with Crippen LogP contribution < -0.4 is 4.74 Å². The molecular weight excluding hydrogens is 335 g/mol. The molecule has 5 nitrogen and oxygen atoms in total. The Morgan fingerprint density at radius 2 is 1.92 bits per heavy atom. The van der Waals surface area contributed by atoms with E-state index in [4.69, 9.17) is 10.00 Å². The first-order chi connectivity index (χ1) is 12.5. The van der Waals surface area contributed by atoms with Crippen molar-refractivity contribution in [1.29, 1.82) is 5.26 Å². The molecule has 3 rings (SSSR count). The minimum Gasteiger partial charge on any atom is -0.478 e. The second kappa shape index (κ2) is 7.54. The molecule has 0 unspecified atom stereocenters. The summed E-state index contributed by atoms with van der Waals surface area (Å²) in [6.07, 6.45) is 0.629. The summed E-state index contributed by atoms with van der Waals surface area (Å²) in [4.78, 5) is 14.0. The summed E-state index contributed by atoms with van der Waals surface area (Å²) in [5.41, 5.74) is 0.341. The van der Waals surface area contributed by atoms with E-state index in [0.717, 1.165) is 5.56 Å². The average Bonchev–Trinajstić information content (AvgIpc) is 2.64. The van der Waals surface area contributed by atoms with Gasteiger partial charge in [0.15, 0.2) is 0 Å². The number of carboxylic acid groups (broad SMARTS) is 1. The Kier molecular flexibility index (Phi) is 5.19. The van der Waals surface area contributed by atoms with E-state index in [2.05, 4.69) is 11.0 Å². The van der Waals surface area contributed by atoms with Gasteiger partial charge in [0, 0.05) is 38.5 Å². The first-order valence-electron chi connectivity index (χ1n) is 8.40. The Morgan fingerprint density at radius 1 is 1.23 bits per heavy atom. The number of hydrogen-bond donors (Lipinski definition) is 1. The number of hydrogen-bond acceptors (Lipinski definition) is 4.